The molecule has 8 heteroatoms. The van der Waals surface area contributed by atoms with Crippen LogP contribution in [0.2, 0.25) is 5.02 Å². The van der Waals surface area contributed by atoms with Gasteiger partial charge in [-0.2, -0.15) is 0 Å². The number of nitro benzene ring substituents is 1. The van der Waals surface area contributed by atoms with Gasteiger partial charge in [0.2, 0.25) is 5.56 Å². The van der Waals surface area contributed by atoms with Gasteiger partial charge < -0.3 is 10.3 Å². The molecular weight excluding hydrogens is 358 g/mol. The number of fused-ring (bicyclic) bond motifs is 1. The van der Waals surface area contributed by atoms with Crippen LogP contribution in [0.15, 0.2) is 47.3 Å². The van der Waals surface area contributed by atoms with E-state index in [0.717, 1.165) is 17.0 Å². The van der Waals surface area contributed by atoms with Crippen LogP contribution in [0.25, 0.3) is 10.9 Å². The van der Waals surface area contributed by atoms with E-state index >= 15 is 0 Å². The van der Waals surface area contributed by atoms with E-state index in [2.05, 4.69) is 10.3 Å². The van der Waals surface area contributed by atoms with Gasteiger partial charge in [0, 0.05) is 29.3 Å². The molecule has 0 atom stereocenters. The summed E-state index contributed by atoms with van der Waals surface area (Å²) in [4.78, 5) is 37.2. The molecule has 3 rings (SSSR count). The maximum Gasteiger partial charge on any atom is 0.270 e. The zero-order valence-corrected chi connectivity index (χ0v) is 14.5. The maximum atomic E-state index is 12.4. The van der Waals surface area contributed by atoms with Gasteiger partial charge in [0.15, 0.2) is 0 Å². The van der Waals surface area contributed by atoms with Crippen molar-refractivity contribution in [3.05, 3.63) is 79.1 Å². The first kappa shape index (κ1) is 17.6. The number of rotatable bonds is 4. The second-order valence-electron chi connectivity index (χ2n) is 5.65. The van der Waals surface area contributed by atoms with Crippen molar-refractivity contribution in [2.45, 2.75) is 13.3 Å². The van der Waals surface area contributed by atoms with E-state index < -0.39 is 10.8 Å². The lowest BCUT2D eigenvalue weighted by molar-refractivity contribution is -0.384. The van der Waals surface area contributed by atoms with Gasteiger partial charge in [-0.25, -0.2) is 0 Å². The minimum absolute atomic E-state index is 0.00299. The van der Waals surface area contributed by atoms with E-state index in [1.54, 1.807) is 24.3 Å². The number of H-pyrrole nitrogens is 1. The number of amides is 1. The summed E-state index contributed by atoms with van der Waals surface area (Å²) in [5.74, 6) is -0.577. The fourth-order valence-corrected chi connectivity index (χ4v) is 2.91. The zero-order valence-electron chi connectivity index (χ0n) is 13.7. The highest BCUT2D eigenvalue weighted by Crippen LogP contribution is 2.24. The lowest BCUT2D eigenvalue weighted by atomic mass is 10.1. The molecule has 0 unspecified atom stereocenters. The highest BCUT2D eigenvalue weighted by Gasteiger charge is 2.16. The minimum atomic E-state index is -0.597. The number of aromatic nitrogens is 1. The standard InChI is InChI=1S/C18H14ClN3O4/c1-2-10-7-17(23)21-16-8-11(3-5-13(10)16)20-18(24)14-9-12(22(25)26)4-6-15(14)19/h3-9H,2H2,1H3,(H,20,24)(H,21,23). The Kier molecular flexibility index (Phi) is 4.73. The average molecular weight is 372 g/mol. The number of carbonyl (C=O) groups is 1. The van der Waals surface area contributed by atoms with Crippen LogP contribution in [0.3, 0.4) is 0 Å². The van der Waals surface area contributed by atoms with E-state index in [1.807, 2.05) is 6.92 Å². The average Bonchev–Trinajstić information content (AvgIpc) is 2.60. The molecule has 3 aromatic rings. The molecule has 2 aromatic carbocycles. The van der Waals surface area contributed by atoms with Crippen LogP contribution >= 0.6 is 11.6 Å². The molecule has 0 aliphatic carbocycles. The molecule has 0 bridgehead atoms. The summed E-state index contributed by atoms with van der Waals surface area (Å²) in [6.07, 6.45) is 0.704. The summed E-state index contributed by atoms with van der Waals surface area (Å²) < 4.78 is 0. The molecule has 1 amide bonds. The first-order valence-electron chi connectivity index (χ1n) is 7.80. The second-order valence-corrected chi connectivity index (χ2v) is 6.06. The van der Waals surface area contributed by atoms with Crippen molar-refractivity contribution in [3.63, 3.8) is 0 Å². The van der Waals surface area contributed by atoms with Gasteiger partial charge in [-0.3, -0.25) is 19.7 Å². The normalized spacial score (nSPS) is 10.7. The van der Waals surface area contributed by atoms with Crippen LogP contribution in [0, 0.1) is 10.1 Å². The predicted molar refractivity (Wildman–Crippen MR) is 100 cm³/mol. The number of nitrogens with zero attached hydrogens (tertiary/aromatic N) is 1. The Labute approximate surface area is 152 Å². The first-order valence-corrected chi connectivity index (χ1v) is 8.18. The third kappa shape index (κ3) is 3.43. The third-order valence-corrected chi connectivity index (χ3v) is 4.30. The molecule has 1 aromatic heterocycles. The van der Waals surface area contributed by atoms with Crippen molar-refractivity contribution in [1.82, 2.24) is 4.98 Å². The highest BCUT2D eigenvalue weighted by atomic mass is 35.5. The molecule has 0 aliphatic rings. The van der Waals surface area contributed by atoms with Gasteiger partial charge in [0.05, 0.1) is 21.0 Å². The lowest BCUT2D eigenvalue weighted by Gasteiger charge is -2.09. The smallest absolute Gasteiger partial charge is 0.270 e. The van der Waals surface area contributed by atoms with Crippen molar-refractivity contribution >= 4 is 39.8 Å². The number of non-ortho nitro benzene ring substituents is 1. The molecule has 0 spiro atoms. The number of pyridine rings is 1. The SMILES string of the molecule is CCc1cc(=O)[nH]c2cc(NC(=O)c3cc([N+](=O)[O-])ccc3Cl)ccc12. The number of aromatic amines is 1. The number of benzene rings is 2. The summed E-state index contributed by atoms with van der Waals surface area (Å²) in [6.45, 7) is 1.95. The lowest BCUT2D eigenvalue weighted by Crippen LogP contribution is -2.13. The number of hydrogen-bond acceptors (Lipinski definition) is 4. The van der Waals surface area contributed by atoms with Crippen LogP contribution < -0.4 is 10.9 Å². The van der Waals surface area contributed by atoms with Gasteiger partial charge in [0.25, 0.3) is 11.6 Å². The van der Waals surface area contributed by atoms with E-state index in [-0.39, 0.29) is 21.8 Å². The third-order valence-electron chi connectivity index (χ3n) is 3.97. The number of nitrogens with one attached hydrogen (secondary N) is 2. The fourth-order valence-electron chi connectivity index (χ4n) is 2.70. The second kappa shape index (κ2) is 6.97. The van der Waals surface area contributed by atoms with Gasteiger partial charge in [-0.05, 0) is 30.2 Å². The molecule has 26 heavy (non-hydrogen) atoms. The molecule has 0 saturated heterocycles. The molecule has 1 heterocycles. The van der Waals surface area contributed by atoms with E-state index in [1.165, 1.54) is 12.1 Å². The quantitative estimate of drug-likeness (QED) is 0.535. The molecule has 7 nitrogen and oxygen atoms in total. The molecule has 0 fully saturated rings. The Balaban J connectivity index is 1.96. The molecular formula is C18H14ClN3O4. The van der Waals surface area contributed by atoms with Gasteiger partial charge in [-0.1, -0.05) is 24.6 Å². The Morgan fingerprint density at radius 3 is 2.69 bits per heavy atom. The summed E-state index contributed by atoms with van der Waals surface area (Å²) in [7, 11) is 0. The van der Waals surface area contributed by atoms with E-state index in [4.69, 9.17) is 11.6 Å². The number of anilines is 1. The van der Waals surface area contributed by atoms with Gasteiger partial charge in [0.1, 0.15) is 0 Å². The van der Waals surface area contributed by atoms with E-state index in [0.29, 0.717) is 17.6 Å². The number of halogens is 1. The van der Waals surface area contributed by atoms with Crippen LogP contribution in [-0.2, 0) is 6.42 Å². The summed E-state index contributed by atoms with van der Waals surface area (Å²) in [5, 5.41) is 14.5. The number of aryl methyl sites for hydroxylation is 1. The predicted octanol–water partition coefficient (Wildman–Crippen LogP) is 3.90. The number of nitro groups is 1. The molecule has 0 radical (unpaired) electrons. The fraction of sp³-hybridized carbons (Fsp3) is 0.111. The van der Waals surface area contributed by atoms with Crippen molar-refractivity contribution < 1.29 is 9.72 Å². The first-order chi connectivity index (χ1) is 12.4. The van der Waals surface area contributed by atoms with E-state index in [9.17, 15) is 19.7 Å². The highest BCUT2D eigenvalue weighted by molar-refractivity contribution is 6.34. The Hall–Kier alpha value is -3.19. The molecule has 0 saturated carbocycles. The van der Waals surface area contributed by atoms with Crippen LogP contribution in [0.1, 0.15) is 22.8 Å². The topological polar surface area (TPSA) is 105 Å². The minimum Gasteiger partial charge on any atom is -0.322 e. The Bertz CT molecular complexity index is 1090. The Morgan fingerprint density at radius 1 is 1.23 bits per heavy atom. The summed E-state index contributed by atoms with van der Waals surface area (Å²) in [5.41, 5.74) is 1.49. The monoisotopic (exact) mass is 371 g/mol. The van der Waals surface area contributed by atoms with Gasteiger partial charge >= 0.3 is 0 Å². The van der Waals surface area contributed by atoms with Crippen molar-refractivity contribution in [3.8, 4) is 0 Å². The van der Waals surface area contributed by atoms with Crippen molar-refractivity contribution in [2.75, 3.05) is 5.32 Å². The largest absolute Gasteiger partial charge is 0.322 e. The molecule has 0 aliphatic heterocycles. The zero-order chi connectivity index (χ0) is 18.8. The van der Waals surface area contributed by atoms with Gasteiger partial charge in [-0.15, -0.1) is 0 Å². The van der Waals surface area contributed by atoms with Crippen molar-refractivity contribution in [1.29, 1.82) is 0 Å². The number of carbonyl (C=O) groups excluding carboxylic acids is 1. The summed E-state index contributed by atoms with van der Waals surface area (Å²) in [6, 6.07) is 10.3. The maximum absolute atomic E-state index is 12.4. The Morgan fingerprint density at radius 2 is 2.00 bits per heavy atom. The summed E-state index contributed by atoms with van der Waals surface area (Å²) >= 11 is 5.99. The van der Waals surface area contributed by atoms with Crippen molar-refractivity contribution in [2.24, 2.45) is 0 Å². The van der Waals surface area contributed by atoms with Crippen LogP contribution in [0.5, 0.6) is 0 Å². The molecule has 132 valence electrons. The number of hydrogen-bond donors (Lipinski definition) is 2. The van der Waals surface area contributed by atoms with Crippen LogP contribution in [-0.4, -0.2) is 15.8 Å². The molecule has 2 N–H and O–H groups in total. The van der Waals surface area contributed by atoms with Crippen LogP contribution in [0.4, 0.5) is 11.4 Å².